The van der Waals surface area contributed by atoms with Crippen molar-refractivity contribution in [1.29, 1.82) is 0 Å². The minimum Gasteiger partial charge on any atom is -0.398 e. The van der Waals surface area contributed by atoms with Crippen LogP contribution in [-0.2, 0) is 0 Å². The van der Waals surface area contributed by atoms with Gasteiger partial charge in [-0.05, 0) is 40.8 Å². The maximum absolute atomic E-state index is 6.02. The summed E-state index contributed by atoms with van der Waals surface area (Å²) in [5, 5.41) is 4.19. The van der Waals surface area contributed by atoms with E-state index in [-0.39, 0.29) is 6.04 Å². The molecular weight excluding hydrogens is 381 g/mol. The van der Waals surface area contributed by atoms with Crippen LogP contribution in [0.25, 0.3) is 11.5 Å². The molecule has 3 aliphatic heterocycles. The smallest absolute Gasteiger partial charge is 0.260 e. The standard InChI is InChI=1S/C14H16IN5O/c15-9-1-2-11(16)10(7-9)14-17-13(18-21-14)12-8-19-3-5-20(12)6-4-19/h1-2,7,12H,3-6,8,16H2. The Morgan fingerprint density at radius 1 is 1.24 bits per heavy atom. The van der Waals surface area contributed by atoms with Gasteiger partial charge >= 0.3 is 0 Å². The minimum atomic E-state index is 0.244. The molecule has 3 aliphatic rings. The maximum atomic E-state index is 6.02. The Bertz CT molecular complexity index is 665. The molecule has 2 bridgehead atoms. The molecule has 1 unspecified atom stereocenters. The molecule has 2 N–H and O–H groups in total. The highest BCUT2D eigenvalue weighted by Crippen LogP contribution is 2.30. The van der Waals surface area contributed by atoms with E-state index in [1.54, 1.807) is 0 Å². The highest BCUT2D eigenvalue weighted by atomic mass is 127. The summed E-state index contributed by atoms with van der Waals surface area (Å²) in [5.74, 6) is 1.28. The summed E-state index contributed by atoms with van der Waals surface area (Å²) in [4.78, 5) is 9.49. The van der Waals surface area contributed by atoms with E-state index in [2.05, 4.69) is 42.5 Å². The molecule has 0 spiro atoms. The van der Waals surface area contributed by atoms with E-state index in [9.17, 15) is 0 Å². The van der Waals surface area contributed by atoms with E-state index in [4.69, 9.17) is 10.3 Å². The Morgan fingerprint density at radius 2 is 2.05 bits per heavy atom. The SMILES string of the molecule is Nc1ccc(I)cc1-c1nc(C2CN3CCN2CC3)no1. The number of benzene rings is 1. The van der Waals surface area contributed by atoms with Crippen molar-refractivity contribution in [2.24, 2.45) is 0 Å². The van der Waals surface area contributed by atoms with Crippen molar-refractivity contribution in [2.75, 3.05) is 38.5 Å². The first-order valence-corrected chi connectivity index (χ1v) is 8.14. The minimum absolute atomic E-state index is 0.244. The molecule has 1 aromatic carbocycles. The molecule has 6 nitrogen and oxygen atoms in total. The van der Waals surface area contributed by atoms with Crippen LogP contribution >= 0.6 is 22.6 Å². The quantitative estimate of drug-likeness (QED) is 0.613. The number of halogens is 1. The normalized spacial score (nSPS) is 28.0. The van der Waals surface area contributed by atoms with E-state index in [0.717, 1.165) is 47.7 Å². The largest absolute Gasteiger partial charge is 0.398 e. The van der Waals surface area contributed by atoms with Gasteiger partial charge in [0.1, 0.15) is 0 Å². The molecule has 3 fully saturated rings. The number of fused-ring (bicyclic) bond motifs is 3. The van der Waals surface area contributed by atoms with Gasteiger partial charge in [0, 0.05) is 42.0 Å². The first-order valence-electron chi connectivity index (χ1n) is 7.06. The third-order valence-corrected chi connectivity index (χ3v) is 4.94. The van der Waals surface area contributed by atoms with Gasteiger partial charge in [0.15, 0.2) is 5.82 Å². The molecule has 4 heterocycles. The third-order valence-electron chi connectivity index (χ3n) is 4.26. The van der Waals surface area contributed by atoms with E-state index < -0.39 is 0 Å². The van der Waals surface area contributed by atoms with Crippen LogP contribution in [0.3, 0.4) is 0 Å². The van der Waals surface area contributed by atoms with Crippen molar-refractivity contribution in [3.8, 4) is 11.5 Å². The number of nitrogens with zero attached hydrogens (tertiary/aromatic N) is 4. The fraction of sp³-hybridized carbons (Fsp3) is 0.429. The van der Waals surface area contributed by atoms with Crippen LogP contribution in [-0.4, -0.2) is 52.7 Å². The molecule has 0 amide bonds. The van der Waals surface area contributed by atoms with E-state index in [0.29, 0.717) is 11.6 Å². The lowest BCUT2D eigenvalue weighted by atomic mass is 10.1. The van der Waals surface area contributed by atoms with Crippen LogP contribution in [0.15, 0.2) is 22.7 Å². The molecule has 3 saturated heterocycles. The van der Waals surface area contributed by atoms with Crippen molar-refractivity contribution in [2.45, 2.75) is 6.04 Å². The molecule has 2 aromatic rings. The monoisotopic (exact) mass is 397 g/mol. The molecule has 21 heavy (non-hydrogen) atoms. The molecule has 110 valence electrons. The fourth-order valence-corrected chi connectivity index (χ4v) is 3.55. The van der Waals surface area contributed by atoms with Crippen LogP contribution < -0.4 is 5.73 Å². The zero-order valence-corrected chi connectivity index (χ0v) is 13.7. The summed E-state index contributed by atoms with van der Waals surface area (Å²) in [6.45, 7) is 5.44. The molecule has 0 saturated carbocycles. The molecule has 0 radical (unpaired) electrons. The van der Waals surface area contributed by atoms with Crippen LogP contribution in [0.1, 0.15) is 11.9 Å². The van der Waals surface area contributed by atoms with E-state index >= 15 is 0 Å². The van der Waals surface area contributed by atoms with Gasteiger partial charge in [-0.25, -0.2) is 0 Å². The van der Waals surface area contributed by atoms with Gasteiger partial charge < -0.3 is 10.3 Å². The van der Waals surface area contributed by atoms with Gasteiger partial charge in [0.2, 0.25) is 0 Å². The fourth-order valence-electron chi connectivity index (χ4n) is 3.06. The Balaban J connectivity index is 1.65. The Labute approximate surface area is 136 Å². The number of nitrogen functional groups attached to an aromatic ring is 1. The van der Waals surface area contributed by atoms with E-state index in [1.807, 2.05) is 18.2 Å². The summed E-state index contributed by atoms with van der Waals surface area (Å²) in [5.41, 5.74) is 7.50. The predicted molar refractivity (Wildman–Crippen MR) is 87.6 cm³/mol. The van der Waals surface area contributed by atoms with Crippen molar-refractivity contribution < 1.29 is 4.52 Å². The molecule has 1 atom stereocenters. The van der Waals surface area contributed by atoms with Crippen molar-refractivity contribution in [3.05, 3.63) is 27.6 Å². The molecule has 7 heteroatoms. The number of hydrogen-bond donors (Lipinski definition) is 1. The van der Waals surface area contributed by atoms with Crippen LogP contribution in [0.4, 0.5) is 5.69 Å². The van der Waals surface area contributed by atoms with Gasteiger partial charge in [-0.15, -0.1) is 0 Å². The average Bonchev–Trinajstić information content (AvgIpc) is 3.00. The highest BCUT2D eigenvalue weighted by Gasteiger charge is 2.35. The number of aromatic nitrogens is 2. The second-order valence-corrected chi connectivity index (χ2v) is 6.79. The lowest BCUT2D eigenvalue weighted by molar-refractivity contribution is 0.00781. The van der Waals surface area contributed by atoms with Gasteiger partial charge in [-0.1, -0.05) is 5.16 Å². The predicted octanol–water partition coefficient (Wildman–Crippen LogP) is 1.60. The number of nitrogens with two attached hydrogens (primary N) is 1. The number of piperazine rings is 3. The van der Waals surface area contributed by atoms with Gasteiger partial charge in [0.25, 0.3) is 5.89 Å². The lowest BCUT2D eigenvalue weighted by Gasteiger charge is -2.46. The van der Waals surface area contributed by atoms with E-state index in [1.165, 1.54) is 0 Å². The average molecular weight is 397 g/mol. The Morgan fingerprint density at radius 3 is 2.76 bits per heavy atom. The van der Waals surface area contributed by atoms with Gasteiger partial charge in [-0.3, -0.25) is 9.80 Å². The lowest BCUT2D eigenvalue weighted by Crippen LogP contribution is -2.57. The number of hydrogen-bond acceptors (Lipinski definition) is 6. The molecule has 5 rings (SSSR count). The van der Waals surface area contributed by atoms with Crippen molar-refractivity contribution in [1.82, 2.24) is 19.9 Å². The first kappa shape index (κ1) is 13.5. The van der Waals surface area contributed by atoms with Gasteiger partial charge in [-0.2, -0.15) is 4.98 Å². The first-order chi connectivity index (χ1) is 10.2. The Hall–Kier alpha value is -1.19. The molecule has 1 aromatic heterocycles. The summed E-state index contributed by atoms with van der Waals surface area (Å²) in [7, 11) is 0. The van der Waals surface area contributed by atoms with Crippen molar-refractivity contribution in [3.63, 3.8) is 0 Å². The van der Waals surface area contributed by atoms with Crippen LogP contribution in [0.5, 0.6) is 0 Å². The summed E-state index contributed by atoms with van der Waals surface area (Å²) < 4.78 is 6.56. The summed E-state index contributed by atoms with van der Waals surface area (Å²) in [6.07, 6.45) is 0. The maximum Gasteiger partial charge on any atom is 0.260 e. The molecule has 0 aliphatic carbocycles. The summed E-state index contributed by atoms with van der Waals surface area (Å²) >= 11 is 2.25. The summed E-state index contributed by atoms with van der Waals surface area (Å²) in [6, 6.07) is 6.06. The van der Waals surface area contributed by atoms with Gasteiger partial charge in [0.05, 0.1) is 11.6 Å². The zero-order chi connectivity index (χ0) is 14.4. The zero-order valence-electron chi connectivity index (χ0n) is 11.5. The second kappa shape index (κ2) is 5.22. The number of rotatable bonds is 2. The van der Waals surface area contributed by atoms with Crippen molar-refractivity contribution >= 4 is 28.3 Å². The second-order valence-electron chi connectivity index (χ2n) is 5.54. The topological polar surface area (TPSA) is 71.4 Å². The highest BCUT2D eigenvalue weighted by molar-refractivity contribution is 14.1. The molecular formula is C14H16IN5O. The third kappa shape index (κ3) is 2.43. The van der Waals surface area contributed by atoms with Crippen LogP contribution in [0, 0.1) is 3.57 Å². The number of anilines is 1. The Kier molecular flexibility index (Phi) is 3.35. The van der Waals surface area contributed by atoms with Crippen LogP contribution in [0.2, 0.25) is 0 Å².